The number of amides is 1. The van der Waals surface area contributed by atoms with E-state index in [4.69, 9.17) is 10.3 Å². The Balaban J connectivity index is 0.000000188. The molecule has 3 fully saturated rings. The number of nitrogens with two attached hydrogens (primary N) is 1. The van der Waals surface area contributed by atoms with E-state index >= 15 is 0 Å². The molecule has 1 amide bonds. The molecule has 3 aliphatic rings. The summed E-state index contributed by atoms with van der Waals surface area (Å²) in [6.45, 7) is 6.55. The van der Waals surface area contributed by atoms with Gasteiger partial charge in [-0.15, -0.1) is 0 Å². The normalized spacial score (nSPS) is 25.8. The number of primary amides is 1. The quantitative estimate of drug-likeness (QED) is 0.748. The zero-order valence-electron chi connectivity index (χ0n) is 16.8. The van der Waals surface area contributed by atoms with E-state index in [0.717, 1.165) is 11.1 Å². The Labute approximate surface area is 172 Å². The number of hydrogen-bond donors (Lipinski definition) is 2. The highest BCUT2D eigenvalue weighted by Crippen LogP contribution is 2.44. The van der Waals surface area contributed by atoms with Crippen LogP contribution in [0.3, 0.4) is 0 Å². The average Bonchev–Trinajstić information content (AvgIpc) is 2.69. The van der Waals surface area contributed by atoms with Gasteiger partial charge in [-0.05, 0) is 69.5 Å². The fourth-order valence-corrected chi connectivity index (χ4v) is 5.02. The second kappa shape index (κ2) is 8.65. The van der Waals surface area contributed by atoms with Gasteiger partial charge in [0, 0.05) is 17.5 Å². The first-order valence-electron chi connectivity index (χ1n) is 9.85. The van der Waals surface area contributed by atoms with E-state index in [1.54, 1.807) is 12.1 Å². The summed E-state index contributed by atoms with van der Waals surface area (Å²) < 4.78 is 29.6. The first kappa shape index (κ1) is 21.5. The number of carbonyl (C=O) groups excluding carboxylic acids is 1. The van der Waals surface area contributed by atoms with Crippen molar-refractivity contribution in [2.45, 2.75) is 43.5 Å². The largest absolute Gasteiger partial charge is 0.366 e. The third kappa shape index (κ3) is 4.86. The summed E-state index contributed by atoms with van der Waals surface area (Å²) >= 11 is 0. The van der Waals surface area contributed by atoms with Gasteiger partial charge in [0.15, 0.2) is 0 Å². The molecule has 0 saturated carbocycles. The molecule has 6 nitrogen and oxygen atoms in total. The van der Waals surface area contributed by atoms with Crippen LogP contribution in [0.2, 0.25) is 0 Å². The van der Waals surface area contributed by atoms with Crippen LogP contribution in [0.25, 0.3) is 0 Å². The maximum absolute atomic E-state index is 11.6. The smallest absolute Gasteiger partial charge is 0.294 e. The van der Waals surface area contributed by atoms with Gasteiger partial charge in [0.05, 0.1) is 4.90 Å². The van der Waals surface area contributed by atoms with E-state index in [9.17, 15) is 13.2 Å². The third-order valence-electron chi connectivity index (χ3n) is 6.08. The van der Waals surface area contributed by atoms with Gasteiger partial charge in [0.25, 0.3) is 10.1 Å². The predicted octanol–water partition coefficient (Wildman–Crippen LogP) is 3.22. The lowest BCUT2D eigenvalue weighted by Crippen LogP contribution is -2.52. The van der Waals surface area contributed by atoms with Gasteiger partial charge in [-0.1, -0.05) is 35.9 Å². The van der Waals surface area contributed by atoms with Crippen molar-refractivity contribution >= 4 is 16.0 Å². The lowest BCUT2D eigenvalue weighted by Gasteiger charge is -2.50. The SMILES string of the molecule is C[C@H]1[C@@H](c2ccccc2C(N)=O)C2CCN1CC2.Cc1ccc(S(=O)(=O)O)cc1. The molecule has 2 aromatic rings. The number of aryl methyl sites for hydroxylation is 1. The number of carbonyl (C=O) groups is 1. The Hall–Kier alpha value is -2.22. The van der Waals surface area contributed by atoms with Crippen molar-refractivity contribution in [3.8, 4) is 0 Å². The van der Waals surface area contributed by atoms with Crippen LogP contribution in [-0.2, 0) is 10.1 Å². The molecule has 29 heavy (non-hydrogen) atoms. The molecule has 3 heterocycles. The van der Waals surface area contributed by atoms with Gasteiger partial charge in [0.2, 0.25) is 5.91 Å². The van der Waals surface area contributed by atoms with Crippen molar-refractivity contribution in [2.24, 2.45) is 11.7 Å². The van der Waals surface area contributed by atoms with Crippen LogP contribution >= 0.6 is 0 Å². The predicted molar refractivity (Wildman–Crippen MR) is 112 cm³/mol. The van der Waals surface area contributed by atoms with Gasteiger partial charge in [0.1, 0.15) is 0 Å². The molecule has 156 valence electrons. The van der Waals surface area contributed by atoms with Crippen LogP contribution < -0.4 is 5.73 Å². The fraction of sp³-hybridized carbons (Fsp3) is 0.409. The van der Waals surface area contributed by atoms with Crippen LogP contribution in [0.4, 0.5) is 0 Å². The van der Waals surface area contributed by atoms with Crippen molar-refractivity contribution in [3.05, 3.63) is 65.2 Å². The summed E-state index contributed by atoms with van der Waals surface area (Å²) in [6, 6.07) is 14.4. The maximum Gasteiger partial charge on any atom is 0.294 e. The second-order valence-corrected chi connectivity index (χ2v) is 9.30. The lowest BCUT2D eigenvalue weighted by atomic mass is 9.70. The maximum atomic E-state index is 11.6. The molecule has 0 unspecified atom stereocenters. The molecule has 0 spiro atoms. The highest BCUT2D eigenvalue weighted by molar-refractivity contribution is 7.85. The monoisotopic (exact) mass is 416 g/mol. The van der Waals surface area contributed by atoms with Crippen molar-refractivity contribution < 1.29 is 17.8 Å². The van der Waals surface area contributed by atoms with Crippen molar-refractivity contribution in [2.75, 3.05) is 13.1 Å². The van der Waals surface area contributed by atoms with Crippen LogP contribution in [0.15, 0.2) is 53.4 Å². The number of rotatable bonds is 3. The Bertz CT molecular complexity index is 963. The number of nitrogens with zero attached hydrogens (tertiary/aromatic N) is 1. The molecule has 0 aromatic heterocycles. The zero-order valence-corrected chi connectivity index (χ0v) is 17.6. The number of piperidine rings is 3. The van der Waals surface area contributed by atoms with E-state index in [1.165, 1.54) is 38.1 Å². The van der Waals surface area contributed by atoms with Crippen molar-refractivity contribution in [1.29, 1.82) is 0 Å². The van der Waals surface area contributed by atoms with Gasteiger partial charge in [-0.2, -0.15) is 8.42 Å². The van der Waals surface area contributed by atoms with Crippen LogP contribution in [0.5, 0.6) is 0 Å². The van der Waals surface area contributed by atoms with E-state index < -0.39 is 10.1 Å². The van der Waals surface area contributed by atoms with Gasteiger partial charge < -0.3 is 10.6 Å². The topological polar surface area (TPSA) is 101 Å². The van der Waals surface area contributed by atoms with Crippen molar-refractivity contribution in [3.63, 3.8) is 0 Å². The summed E-state index contributed by atoms with van der Waals surface area (Å²) in [6.07, 6.45) is 2.50. The minimum Gasteiger partial charge on any atom is -0.366 e. The summed E-state index contributed by atoms with van der Waals surface area (Å²) in [5.74, 6) is 0.885. The zero-order chi connectivity index (χ0) is 21.2. The Morgan fingerprint density at radius 3 is 2.17 bits per heavy atom. The molecule has 2 aromatic carbocycles. The molecule has 5 rings (SSSR count). The molecule has 2 bridgehead atoms. The third-order valence-corrected chi connectivity index (χ3v) is 6.95. The molecule has 3 aliphatic heterocycles. The fourth-order valence-electron chi connectivity index (χ4n) is 4.54. The van der Waals surface area contributed by atoms with E-state index in [2.05, 4.69) is 17.9 Å². The minimum absolute atomic E-state index is 0.0666. The Morgan fingerprint density at radius 1 is 1.07 bits per heavy atom. The van der Waals surface area contributed by atoms with Gasteiger partial charge >= 0.3 is 0 Å². The highest BCUT2D eigenvalue weighted by Gasteiger charge is 2.41. The highest BCUT2D eigenvalue weighted by atomic mass is 32.2. The molecule has 7 heteroatoms. The van der Waals surface area contributed by atoms with Crippen LogP contribution in [0, 0.1) is 12.8 Å². The Kier molecular flexibility index (Phi) is 6.41. The van der Waals surface area contributed by atoms with Crippen LogP contribution in [-0.4, -0.2) is 42.9 Å². The van der Waals surface area contributed by atoms with Crippen LogP contribution in [0.1, 0.15) is 47.2 Å². The van der Waals surface area contributed by atoms with E-state index in [-0.39, 0.29) is 10.8 Å². The molecule has 0 radical (unpaired) electrons. The summed E-state index contributed by atoms with van der Waals surface area (Å²) in [5, 5.41) is 0. The average molecular weight is 417 g/mol. The number of fused-ring (bicyclic) bond motifs is 3. The molecule has 2 atom stereocenters. The molecule has 3 N–H and O–H groups in total. The van der Waals surface area contributed by atoms with Crippen molar-refractivity contribution in [1.82, 2.24) is 4.90 Å². The van der Waals surface area contributed by atoms with E-state index in [0.29, 0.717) is 23.4 Å². The first-order chi connectivity index (χ1) is 13.7. The first-order valence-corrected chi connectivity index (χ1v) is 11.3. The minimum atomic E-state index is -4.02. The molecular weight excluding hydrogens is 388 g/mol. The number of hydrogen-bond acceptors (Lipinski definition) is 4. The number of benzene rings is 2. The van der Waals surface area contributed by atoms with Gasteiger partial charge in [-0.3, -0.25) is 9.35 Å². The molecular formula is C22H28N2O4S. The summed E-state index contributed by atoms with van der Waals surface area (Å²) in [5.41, 5.74) is 8.34. The van der Waals surface area contributed by atoms with E-state index in [1.807, 2.05) is 25.1 Å². The summed E-state index contributed by atoms with van der Waals surface area (Å²) in [4.78, 5) is 14.1. The second-order valence-electron chi connectivity index (χ2n) is 7.88. The summed E-state index contributed by atoms with van der Waals surface area (Å²) in [7, 11) is -4.02. The van der Waals surface area contributed by atoms with Gasteiger partial charge in [-0.25, -0.2) is 0 Å². The lowest BCUT2D eigenvalue weighted by molar-refractivity contribution is 0.0346. The standard InChI is InChI=1S/C15H20N2O.C7H8O3S/c1-10-14(11-6-8-17(10)9-7-11)12-4-2-3-5-13(12)15(16)18;1-6-2-4-7(5-3-6)11(8,9)10/h2-5,10-11,14H,6-9H2,1H3,(H2,16,18);2-5H,1H3,(H,8,9,10)/t10-,14+;/m0./s1. The molecule has 0 aliphatic carbocycles. The Morgan fingerprint density at radius 2 is 1.66 bits per heavy atom. The molecule has 3 saturated heterocycles.